The van der Waals surface area contributed by atoms with Gasteiger partial charge in [-0.1, -0.05) is 31.2 Å². The molecular weight excluding hydrogens is 240 g/mol. The minimum atomic E-state index is -0.830. The van der Waals surface area contributed by atoms with E-state index in [1.54, 1.807) is 24.3 Å². The zero-order chi connectivity index (χ0) is 13.7. The summed E-state index contributed by atoms with van der Waals surface area (Å²) in [5.41, 5.74) is 2.03. The second-order valence-corrected chi connectivity index (χ2v) is 4.31. The number of rotatable bonds is 5. The fraction of sp³-hybridized carbons (Fsp3) is 0.188. The van der Waals surface area contributed by atoms with Gasteiger partial charge >= 0.3 is 5.97 Å². The molecule has 0 bridgehead atoms. The van der Waals surface area contributed by atoms with E-state index in [1.807, 2.05) is 24.3 Å². The number of ether oxygens (including phenoxy) is 1. The fourth-order valence-corrected chi connectivity index (χ4v) is 1.78. The van der Waals surface area contributed by atoms with Gasteiger partial charge in [0.2, 0.25) is 0 Å². The molecule has 0 saturated heterocycles. The largest absolute Gasteiger partial charge is 0.481 e. The van der Waals surface area contributed by atoms with Crippen molar-refractivity contribution in [3.8, 4) is 11.5 Å². The second-order valence-electron chi connectivity index (χ2n) is 4.31. The van der Waals surface area contributed by atoms with Crippen LogP contribution in [0.1, 0.15) is 18.1 Å². The van der Waals surface area contributed by atoms with Crippen LogP contribution in [0.3, 0.4) is 0 Å². The first-order valence-electron chi connectivity index (χ1n) is 6.25. The maximum absolute atomic E-state index is 10.6. The van der Waals surface area contributed by atoms with Gasteiger partial charge in [-0.25, -0.2) is 0 Å². The molecule has 3 heteroatoms. The third-order valence-electron chi connectivity index (χ3n) is 2.85. The van der Waals surface area contributed by atoms with E-state index in [-0.39, 0.29) is 6.42 Å². The van der Waals surface area contributed by atoms with Gasteiger partial charge in [-0.3, -0.25) is 4.79 Å². The van der Waals surface area contributed by atoms with Crippen LogP contribution in [0, 0.1) is 0 Å². The molecule has 0 radical (unpaired) electrons. The van der Waals surface area contributed by atoms with Gasteiger partial charge in [-0.15, -0.1) is 0 Å². The highest BCUT2D eigenvalue weighted by Crippen LogP contribution is 2.22. The minimum absolute atomic E-state index is 0.0332. The van der Waals surface area contributed by atoms with Crippen molar-refractivity contribution in [3.63, 3.8) is 0 Å². The highest BCUT2D eigenvalue weighted by atomic mass is 16.5. The molecule has 0 aromatic heterocycles. The predicted octanol–water partition coefficient (Wildman–Crippen LogP) is 3.67. The Morgan fingerprint density at radius 2 is 1.42 bits per heavy atom. The van der Waals surface area contributed by atoms with E-state index < -0.39 is 5.97 Å². The first-order valence-corrected chi connectivity index (χ1v) is 6.25. The summed E-state index contributed by atoms with van der Waals surface area (Å²) in [6, 6.07) is 15.0. The van der Waals surface area contributed by atoms with Gasteiger partial charge in [0.25, 0.3) is 0 Å². The lowest BCUT2D eigenvalue weighted by Gasteiger charge is -2.07. The lowest BCUT2D eigenvalue weighted by molar-refractivity contribution is -0.136. The number of benzene rings is 2. The van der Waals surface area contributed by atoms with Crippen LogP contribution in [0.4, 0.5) is 0 Å². The standard InChI is InChI=1S/C16H16O3/c1-2-12-3-7-14(8-4-12)19-15-9-5-13(6-10-15)11-16(17)18/h3-10H,2,11H2,1H3,(H,17,18). The summed E-state index contributed by atoms with van der Waals surface area (Å²) in [4.78, 5) is 10.6. The molecule has 0 aliphatic carbocycles. The fourth-order valence-electron chi connectivity index (χ4n) is 1.78. The van der Waals surface area contributed by atoms with Crippen LogP contribution in [0.5, 0.6) is 11.5 Å². The van der Waals surface area contributed by atoms with Gasteiger partial charge in [0, 0.05) is 0 Å². The van der Waals surface area contributed by atoms with Crippen LogP contribution in [-0.2, 0) is 17.6 Å². The van der Waals surface area contributed by atoms with Crippen LogP contribution < -0.4 is 4.74 Å². The molecule has 0 saturated carbocycles. The lowest BCUT2D eigenvalue weighted by atomic mass is 10.1. The van der Waals surface area contributed by atoms with Crippen molar-refractivity contribution in [1.82, 2.24) is 0 Å². The molecule has 0 aliphatic heterocycles. The summed E-state index contributed by atoms with van der Waals surface area (Å²) in [6.45, 7) is 2.11. The molecule has 2 rings (SSSR count). The topological polar surface area (TPSA) is 46.5 Å². The molecule has 0 aliphatic rings. The summed E-state index contributed by atoms with van der Waals surface area (Å²) in [6.07, 6.45) is 1.04. The first-order chi connectivity index (χ1) is 9.17. The molecule has 19 heavy (non-hydrogen) atoms. The highest BCUT2D eigenvalue weighted by Gasteiger charge is 2.01. The Kier molecular flexibility index (Phi) is 4.18. The Bertz CT molecular complexity index is 541. The Labute approximate surface area is 112 Å². The zero-order valence-electron chi connectivity index (χ0n) is 10.8. The van der Waals surface area contributed by atoms with E-state index in [0.717, 1.165) is 17.7 Å². The van der Waals surface area contributed by atoms with Crippen molar-refractivity contribution in [3.05, 3.63) is 59.7 Å². The van der Waals surface area contributed by atoms with Gasteiger partial charge in [-0.2, -0.15) is 0 Å². The summed E-state index contributed by atoms with van der Waals surface area (Å²) in [5.74, 6) is 0.658. The Morgan fingerprint density at radius 1 is 0.947 bits per heavy atom. The molecule has 0 spiro atoms. The monoisotopic (exact) mass is 256 g/mol. The Hall–Kier alpha value is -2.29. The molecule has 2 aromatic carbocycles. The van der Waals surface area contributed by atoms with Gasteiger partial charge in [0.15, 0.2) is 0 Å². The van der Waals surface area contributed by atoms with E-state index in [2.05, 4.69) is 6.92 Å². The number of carbonyl (C=O) groups is 1. The quantitative estimate of drug-likeness (QED) is 0.887. The van der Waals surface area contributed by atoms with Gasteiger partial charge in [-0.05, 0) is 41.8 Å². The molecule has 1 N–H and O–H groups in total. The van der Waals surface area contributed by atoms with Crippen molar-refractivity contribution in [1.29, 1.82) is 0 Å². The van der Waals surface area contributed by atoms with E-state index in [9.17, 15) is 4.79 Å². The highest BCUT2D eigenvalue weighted by molar-refractivity contribution is 5.70. The third kappa shape index (κ3) is 3.85. The van der Waals surface area contributed by atoms with E-state index in [0.29, 0.717) is 5.75 Å². The average molecular weight is 256 g/mol. The van der Waals surface area contributed by atoms with Crippen molar-refractivity contribution >= 4 is 5.97 Å². The lowest BCUT2D eigenvalue weighted by Crippen LogP contribution is -1.99. The maximum atomic E-state index is 10.6. The number of carboxylic acids is 1. The van der Waals surface area contributed by atoms with Crippen LogP contribution >= 0.6 is 0 Å². The predicted molar refractivity (Wildman–Crippen MR) is 73.7 cm³/mol. The van der Waals surface area contributed by atoms with Crippen molar-refractivity contribution in [2.75, 3.05) is 0 Å². The molecule has 3 nitrogen and oxygen atoms in total. The summed E-state index contributed by atoms with van der Waals surface area (Å²) < 4.78 is 5.69. The molecule has 0 atom stereocenters. The molecule has 0 amide bonds. The van der Waals surface area contributed by atoms with Crippen molar-refractivity contribution in [2.45, 2.75) is 19.8 Å². The van der Waals surface area contributed by atoms with Crippen LogP contribution in [-0.4, -0.2) is 11.1 Å². The SMILES string of the molecule is CCc1ccc(Oc2ccc(CC(=O)O)cc2)cc1. The van der Waals surface area contributed by atoms with Crippen LogP contribution in [0.25, 0.3) is 0 Å². The Morgan fingerprint density at radius 3 is 1.84 bits per heavy atom. The zero-order valence-corrected chi connectivity index (χ0v) is 10.8. The van der Waals surface area contributed by atoms with E-state index in [4.69, 9.17) is 9.84 Å². The Balaban J connectivity index is 2.04. The molecule has 2 aromatic rings. The second kappa shape index (κ2) is 6.05. The van der Waals surface area contributed by atoms with Crippen molar-refractivity contribution in [2.24, 2.45) is 0 Å². The van der Waals surface area contributed by atoms with Crippen LogP contribution in [0.15, 0.2) is 48.5 Å². The van der Waals surface area contributed by atoms with Crippen molar-refractivity contribution < 1.29 is 14.6 Å². The third-order valence-corrected chi connectivity index (χ3v) is 2.85. The number of carboxylic acid groups (broad SMARTS) is 1. The molecule has 0 heterocycles. The first kappa shape index (κ1) is 13.1. The number of aliphatic carboxylic acids is 1. The number of hydrogen-bond donors (Lipinski definition) is 1. The van der Waals surface area contributed by atoms with Crippen LogP contribution in [0.2, 0.25) is 0 Å². The van der Waals surface area contributed by atoms with E-state index in [1.165, 1.54) is 5.56 Å². The van der Waals surface area contributed by atoms with E-state index >= 15 is 0 Å². The number of aryl methyl sites for hydroxylation is 1. The van der Waals surface area contributed by atoms with Gasteiger partial charge in [0.05, 0.1) is 6.42 Å². The van der Waals surface area contributed by atoms with Gasteiger partial charge < -0.3 is 9.84 Å². The molecular formula is C16H16O3. The minimum Gasteiger partial charge on any atom is -0.481 e. The summed E-state index contributed by atoms with van der Waals surface area (Å²) in [7, 11) is 0. The molecule has 98 valence electrons. The molecule has 0 fully saturated rings. The average Bonchev–Trinajstić information content (AvgIpc) is 2.41. The summed E-state index contributed by atoms with van der Waals surface area (Å²) >= 11 is 0. The smallest absolute Gasteiger partial charge is 0.307 e. The summed E-state index contributed by atoms with van der Waals surface area (Å²) in [5, 5.41) is 8.69. The normalized spacial score (nSPS) is 10.2. The number of hydrogen-bond acceptors (Lipinski definition) is 2. The maximum Gasteiger partial charge on any atom is 0.307 e. The molecule has 0 unspecified atom stereocenters. The van der Waals surface area contributed by atoms with Gasteiger partial charge in [0.1, 0.15) is 11.5 Å².